The molecule has 1 fully saturated rings. The number of nitrogens with one attached hydrogen (secondary N) is 1. The Bertz CT molecular complexity index is 1030. The lowest BCUT2D eigenvalue weighted by Gasteiger charge is -2.27. The number of piperidine rings is 1. The molecular weight excluding hydrogens is 409 g/mol. The van der Waals surface area contributed by atoms with Gasteiger partial charge >= 0.3 is 0 Å². The number of rotatable bonds is 6. The van der Waals surface area contributed by atoms with E-state index in [4.69, 9.17) is 33.7 Å². The minimum Gasteiger partial charge on any atom is -0.376 e. The summed E-state index contributed by atoms with van der Waals surface area (Å²) < 4.78 is 8.32. The SMILES string of the molecule is NC(=O)c1ccc2c(Cl)cn(C(COC3CCNCC3)c3ccccc3Cl)c2c1. The highest BCUT2D eigenvalue weighted by molar-refractivity contribution is 6.35. The molecule has 1 saturated heterocycles. The number of halogens is 2. The third kappa shape index (κ3) is 4.28. The molecule has 2 heterocycles. The molecule has 0 aliphatic carbocycles. The number of ether oxygens (including phenoxy) is 1. The summed E-state index contributed by atoms with van der Waals surface area (Å²) in [5.41, 5.74) is 7.70. The van der Waals surface area contributed by atoms with Gasteiger partial charge in [0.05, 0.1) is 29.3 Å². The number of nitrogens with two attached hydrogens (primary N) is 1. The van der Waals surface area contributed by atoms with E-state index in [1.165, 1.54) is 0 Å². The van der Waals surface area contributed by atoms with E-state index in [1.54, 1.807) is 12.1 Å². The molecule has 2 aromatic carbocycles. The number of hydrogen-bond acceptors (Lipinski definition) is 3. The first-order valence-electron chi connectivity index (χ1n) is 9.71. The van der Waals surface area contributed by atoms with Gasteiger partial charge in [0.15, 0.2) is 0 Å². The Morgan fingerprint density at radius 1 is 1.17 bits per heavy atom. The van der Waals surface area contributed by atoms with Crippen molar-refractivity contribution < 1.29 is 9.53 Å². The van der Waals surface area contributed by atoms with E-state index in [9.17, 15) is 4.79 Å². The van der Waals surface area contributed by atoms with Crippen molar-refractivity contribution >= 4 is 40.0 Å². The zero-order valence-corrected chi connectivity index (χ0v) is 17.4. The summed E-state index contributed by atoms with van der Waals surface area (Å²) in [6.07, 6.45) is 4.04. The average molecular weight is 432 g/mol. The molecule has 0 radical (unpaired) electrons. The van der Waals surface area contributed by atoms with Gasteiger partial charge in [-0.2, -0.15) is 0 Å². The fraction of sp³-hybridized carbons (Fsp3) is 0.318. The van der Waals surface area contributed by atoms with Crippen LogP contribution in [0.15, 0.2) is 48.7 Å². The first-order chi connectivity index (χ1) is 14.0. The van der Waals surface area contributed by atoms with Crippen LogP contribution in [0.1, 0.15) is 34.8 Å². The molecule has 3 aromatic rings. The van der Waals surface area contributed by atoms with Crippen LogP contribution in [0.25, 0.3) is 10.9 Å². The van der Waals surface area contributed by atoms with E-state index in [2.05, 4.69) is 5.32 Å². The van der Waals surface area contributed by atoms with Crippen LogP contribution in [-0.4, -0.2) is 36.3 Å². The van der Waals surface area contributed by atoms with E-state index in [0.29, 0.717) is 22.2 Å². The normalized spacial score (nSPS) is 16.2. The highest BCUT2D eigenvalue weighted by atomic mass is 35.5. The molecule has 152 valence electrons. The largest absolute Gasteiger partial charge is 0.376 e. The fourth-order valence-corrected chi connectivity index (χ4v) is 4.40. The Morgan fingerprint density at radius 3 is 2.66 bits per heavy atom. The molecule has 5 nitrogen and oxygen atoms in total. The number of benzene rings is 2. The first-order valence-corrected chi connectivity index (χ1v) is 10.5. The van der Waals surface area contributed by atoms with E-state index >= 15 is 0 Å². The highest BCUT2D eigenvalue weighted by Crippen LogP contribution is 2.34. The molecule has 1 amide bonds. The van der Waals surface area contributed by atoms with Gasteiger partial charge in [0.25, 0.3) is 0 Å². The van der Waals surface area contributed by atoms with E-state index < -0.39 is 5.91 Å². The van der Waals surface area contributed by atoms with Crippen molar-refractivity contribution in [1.82, 2.24) is 9.88 Å². The number of primary amides is 1. The predicted octanol–water partition coefficient (Wildman–Crippen LogP) is 4.41. The number of amides is 1. The number of fused-ring (bicyclic) bond motifs is 1. The molecule has 1 aliphatic heterocycles. The van der Waals surface area contributed by atoms with Crippen molar-refractivity contribution in [2.24, 2.45) is 5.73 Å². The van der Waals surface area contributed by atoms with Crippen LogP contribution in [-0.2, 0) is 4.74 Å². The van der Waals surface area contributed by atoms with Crippen molar-refractivity contribution in [3.05, 3.63) is 69.8 Å². The summed E-state index contributed by atoms with van der Waals surface area (Å²) >= 11 is 13.1. The maximum Gasteiger partial charge on any atom is 0.248 e. The van der Waals surface area contributed by atoms with Gasteiger partial charge in [0.1, 0.15) is 0 Å². The Morgan fingerprint density at radius 2 is 1.93 bits per heavy atom. The van der Waals surface area contributed by atoms with Crippen LogP contribution in [0.2, 0.25) is 10.0 Å². The van der Waals surface area contributed by atoms with Crippen LogP contribution in [0.3, 0.4) is 0 Å². The smallest absolute Gasteiger partial charge is 0.248 e. The van der Waals surface area contributed by atoms with E-state index in [1.807, 2.05) is 41.1 Å². The molecule has 1 unspecified atom stereocenters. The molecular formula is C22H23Cl2N3O2. The Labute approximate surface area is 179 Å². The topological polar surface area (TPSA) is 69.3 Å². The quantitative estimate of drug-likeness (QED) is 0.607. The lowest BCUT2D eigenvalue weighted by Crippen LogP contribution is -2.33. The highest BCUT2D eigenvalue weighted by Gasteiger charge is 2.23. The molecule has 1 aromatic heterocycles. The number of carbonyl (C=O) groups is 1. The maximum absolute atomic E-state index is 11.7. The molecule has 1 atom stereocenters. The molecule has 4 rings (SSSR count). The molecule has 0 bridgehead atoms. The monoisotopic (exact) mass is 431 g/mol. The summed E-state index contributed by atoms with van der Waals surface area (Å²) in [6, 6.07) is 12.8. The third-order valence-corrected chi connectivity index (χ3v) is 6.09. The summed E-state index contributed by atoms with van der Waals surface area (Å²) in [6.45, 7) is 2.37. The lowest BCUT2D eigenvalue weighted by atomic mass is 10.1. The number of aromatic nitrogens is 1. The van der Waals surface area contributed by atoms with Gasteiger partial charge in [-0.1, -0.05) is 47.5 Å². The van der Waals surface area contributed by atoms with Crippen molar-refractivity contribution in [2.45, 2.75) is 25.0 Å². The minimum absolute atomic E-state index is 0.184. The Hall–Kier alpha value is -2.05. The maximum atomic E-state index is 11.7. The second kappa shape index (κ2) is 8.76. The average Bonchev–Trinajstić information content (AvgIpc) is 3.06. The zero-order chi connectivity index (χ0) is 20.4. The van der Waals surface area contributed by atoms with Gasteiger partial charge in [-0.25, -0.2) is 0 Å². The molecule has 3 N–H and O–H groups in total. The van der Waals surface area contributed by atoms with E-state index in [-0.39, 0.29) is 12.1 Å². The second-order valence-electron chi connectivity index (χ2n) is 7.30. The van der Waals surface area contributed by atoms with Gasteiger partial charge in [0, 0.05) is 22.2 Å². The van der Waals surface area contributed by atoms with Gasteiger partial charge in [-0.3, -0.25) is 4.79 Å². The third-order valence-electron chi connectivity index (χ3n) is 5.45. The standard InChI is InChI=1S/C22H23Cl2N3O2/c23-18-4-2-1-3-16(18)21(13-29-15-7-9-26-10-8-15)27-12-19(24)17-6-5-14(22(25)28)11-20(17)27/h1-6,11-12,15,21,26H,7-10,13H2,(H2,25,28). The van der Waals surface area contributed by atoms with Crippen LogP contribution < -0.4 is 11.1 Å². The Kier molecular flexibility index (Phi) is 6.11. The van der Waals surface area contributed by atoms with Gasteiger partial charge in [-0.05, 0) is 49.7 Å². The van der Waals surface area contributed by atoms with Crippen molar-refractivity contribution in [3.63, 3.8) is 0 Å². The molecule has 0 spiro atoms. The minimum atomic E-state index is -0.476. The number of hydrogen-bond donors (Lipinski definition) is 2. The molecule has 1 aliphatic rings. The van der Waals surface area contributed by atoms with Crippen molar-refractivity contribution in [2.75, 3.05) is 19.7 Å². The second-order valence-corrected chi connectivity index (χ2v) is 8.11. The number of carbonyl (C=O) groups excluding carboxylic acids is 1. The molecule has 29 heavy (non-hydrogen) atoms. The van der Waals surface area contributed by atoms with Crippen molar-refractivity contribution in [1.29, 1.82) is 0 Å². The van der Waals surface area contributed by atoms with Crippen LogP contribution in [0.5, 0.6) is 0 Å². The summed E-state index contributed by atoms with van der Waals surface area (Å²) in [5.74, 6) is -0.476. The summed E-state index contributed by atoms with van der Waals surface area (Å²) in [5, 5.41) is 5.48. The fourth-order valence-electron chi connectivity index (χ4n) is 3.87. The number of nitrogens with zero attached hydrogens (tertiary/aromatic N) is 1. The van der Waals surface area contributed by atoms with Crippen LogP contribution in [0, 0.1) is 0 Å². The summed E-state index contributed by atoms with van der Waals surface area (Å²) in [4.78, 5) is 11.7. The zero-order valence-electron chi connectivity index (χ0n) is 15.9. The lowest BCUT2D eigenvalue weighted by molar-refractivity contribution is 0.0209. The Balaban J connectivity index is 1.77. The predicted molar refractivity (Wildman–Crippen MR) is 117 cm³/mol. The van der Waals surface area contributed by atoms with Crippen LogP contribution in [0.4, 0.5) is 0 Å². The molecule has 0 saturated carbocycles. The van der Waals surface area contributed by atoms with Crippen LogP contribution >= 0.6 is 23.2 Å². The van der Waals surface area contributed by atoms with Crippen molar-refractivity contribution in [3.8, 4) is 0 Å². The first kappa shape index (κ1) is 20.2. The van der Waals surface area contributed by atoms with E-state index in [0.717, 1.165) is 42.4 Å². The summed E-state index contributed by atoms with van der Waals surface area (Å²) in [7, 11) is 0. The molecule has 7 heteroatoms. The van der Waals surface area contributed by atoms with Gasteiger partial charge < -0.3 is 20.4 Å². The van der Waals surface area contributed by atoms with Gasteiger partial charge in [-0.15, -0.1) is 0 Å². The van der Waals surface area contributed by atoms with Gasteiger partial charge in [0.2, 0.25) is 5.91 Å².